The molecular weight excluding hydrogens is 397 g/mol. The summed E-state index contributed by atoms with van der Waals surface area (Å²) in [6.07, 6.45) is -0.800. The average Bonchev–Trinajstić information content (AvgIpc) is 2.74. The molecule has 1 aromatic carbocycles. The summed E-state index contributed by atoms with van der Waals surface area (Å²) in [7, 11) is 0. The van der Waals surface area contributed by atoms with Crippen molar-refractivity contribution >= 4 is 5.91 Å². The number of halogens is 3. The van der Waals surface area contributed by atoms with Crippen LogP contribution in [0.5, 0.6) is 5.88 Å². The van der Waals surface area contributed by atoms with Crippen molar-refractivity contribution in [3.63, 3.8) is 0 Å². The molecule has 1 atom stereocenters. The highest BCUT2D eigenvalue weighted by Gasteiger charge is 2.32. The molecule has 2 aliphatic rings. The van der Waals surface area contributed by atoms with Gasteiger partial charge in [0.2, 0.25) is 11.8 Å². The van der Waals surface area contributed by atoms with Gasteiger partial charge < -0.3 is 14.8 Å². The van der Waals surface area contributed by atoms with E-state index in [-0.39, 0.29) is 23.9 Å². The number of nitrogens with one attached hydrogen (secondary N) is 1. The number of fused-ring (bicyclic) bond motifs is 1. The number of alkyl halides is 3. The lowest BCUT2D eigenvalue weighted by molar-refractivity contribution is -0.138. The van der Waals surface area contributed by atoms with E-state index >= 15 is 0 Å². The van der Waals surface area contributed by atoms with Crippen LogP contribution in [0.3, 0.4) is 0 Å². The van der Waals surface area contributed by atoms with Crippen LogP contribution in [0.4, 0.5) is 13.2 Å². The first kappa shape index (κ1) is 20.7. The van der Waals surface area contributed by atoms with Crippen molar-refractivity contribution in [2.75, 3.05) is 0 Å². The van der Waals surface area contributed by atoms with Gasteiger partial charge in [-0.2, -0.15) is 13.2 Å². The molecule has 160 valence electrons. The first-order valence-corrected chi connectivity index (χ1v) is 10.1. The maximum Gasteiger partial charge on any atom is 0.417 e. The van der Waals surface area contributed by atoms with Gasteiger partial charge in [0.15, 0.2) is 0 Å². The molecule has 8 heteroatoms. The van der Waals surface area contributed by atoms with E-state index in [1.54, 1.807) is 0 Å². The highest BCUT2D eigenvalue weighted by atomic mass is 19.4. The van der Waals surface area contributed by atoms with Crippen LogP contribution in [0.25, 0.3) is 0 Å². The number of carbonyl (C=O) groups is 1. The van der Waals surface area contributed by atoms with Gasteiger partial charge in [-0.1, -0.05) is 24.3 Å². The number of aromatic nitrogens is 1. The average molecular weight is 420 g/mol. The molecule has 0 bridgehead atoms. The third-order valence-electron chi connectivity index (χ3n) is 5.63. The largest absolute Gasteiger partial charge is 0.474 e. The fraction of sp³-hybridized carbons (Fsp3) is 0.455. The summed E-state index contributed by atoms with van der Waals surface area (Å²) in [6.45, 7) is 0.439. The Kier molecular flexibility index (Phi) is 5.94. The zero-order valence-electron chi connectivity index (χ0n) is 16.3. The highest BCUT2D eigenvalue weighted by Crippen LogP contribution is 2.30. The van der Waals surface area contributed by atoms with Crippen molar-refractivity contribution < 1.29 is 27.4 Å². The Morgan fingerprint density at radius 2 is 1.80 bits per heavy atom. The van der Waals surface area contributed by atoms with Crippen LogP contribution in [0.1, 0.15) is 42.4 Å². The fourth-order valence-corrected chi connectivity index (χ4v) is 3.92. The third kappa shape index (κ3) is 4.92. The van der Waals surface area contributed by atoms with Crippen LogP contribution in [-0.4, -0.2) is 29.1 Å². The number of ether oxygens (including phenoxy) is 2. The molecule has 1 unspecified atom stereocenters. The Labute approximate surface area is 172 Å². The van der Waals surface area contributed by atoms with Gasteiger partial charge in [-0.3, -0.25) is 4.79 Å². The first-order chi connectivity index (χ1) is 14.4. The van der Waals surface area contributed by atoms with Gasteiger partial charge >= 0.3 is 6.18 Å². The van der Waals surface area contributed by atoms with Gasteiger partial charge in [0.05, 0.1) is 12.2 Å². The number of benzene rings is 1. The molecule has 1 fully saturated rings. The molecule has 0 saturated heterocycles. The van der Waals surface area contributed by atoms with E-state index in [0.717, 1.165) is 36.2 Å². The summed E-state index contributed by atoms with van der Waals surface area (Å²) >= 11 is 0. The van der Waals surface area contributed by atoms with Crippen molar-refractivity contribution in [1.29, 1.82) is 0 Å². The SMILES string of the molecule is O=C(NC1CCC(Oc2ccc(C(F)(F)F)cn2)CC1)C1Cc2ccccc2CO1. The second-order valence-corrected chi connectivity index (χ2v) is 7.76. The van der Waals surface area contributed by atoms with E-state index in [0.29, 0.717) is 25.9 Å². The summed E-state index contributed by atoms with van der Waals surface area (Å²) in [4.78, 5) is 16.4. The Balaban J connectivity index is 1.23. The van der Waals surface area contributed by atoms with Crippen molar-refractivity contribution in [1.82, 2.24) is 10.3 Å². The lowest BCUT2D eigenvalue weighted by atomic mass is 9.92. The van der Waals surface area contributed by atoms with Crippen LogP contribution < -0.4 is 10.1 Å². The monoisotopic (exact) mass is 420 g/mol. The Morgan fingerprint density at radius 3 is 2.47 bits per heavy atom. The summed E-state index contributed by atoms with van der Waals surface area (Å²) in [5.74, 6) is 0.0861. The molecule has 0 radical (unpaired) electrons. The molecule has 1 N–H and O–H groups in total. The number of pyridine rings is 1. The predicted octanol–water partition coefficient (Wildman–Crippen LogP) is 4.05. The minimum absolute atomic E-state index is 0.0404. The lowest BCUT2D eigenvalue weighted by Crippen LogP contribution is -2.46. The number of carbonyl (C=O) groups excluding carboxylic acids is 1. The van der Waals surface area contributed by atoms with E-state index in [1.165, 1.54) is 6.07 Å². The minimum Gasteiger partial charge on any atom is -0.474 e. The second-order valence-electron chi connectivity index (χ2n) is 7.76. The van der Waals surface area contributed by atoms with Crippen LogP contribution >= 0.6 is 0 Å². The van der Waals surface area contributed by atoms with Gasteiger partial charge in [-0.25, -0.2) is 4.98 Å². The van der Waals surface area contributed by atoms with Gasteiger partial charge in [0.1, 0.15) is 12.2 Å². The Morgan fingerprint density at radius 1 is 1.07 bits per heavy atom. The zero-order chi connectivity index (χ0) is 21.1. The number of hydrogen-bond acceptors (Lipinski definition) is 4. The van der Waals surface area contributed by atoms with Crippen LogP contribution in [0, 0.1) is 0 Å². The summed E-state index contributed by atoms with van der Waals surface area (Å²) in [6, 6.07) is 10.2. The molecule has 30 heavy (non-hydrogen) atoms. The first-order valence-electron chi connectivity index (χ1n) is 10.1. The van der Waals surface area contributed by atoms with Crippen molar-refractivity contribution in [2.45, 2.75) is 63.1 Å². The normalized spacial score (nSPS) is 24.0. The van der Waals surface area contributed by atoms with E-state index in [9.17, 15) is 18.0 Å². The lowest BCUT2D eigenvalue weighted by Gasteiger charge is -2.31. The third-order valence-corrected chi connectivity index (χ3v) is 5.63. The van der Waals surface area contributed by atoms with E-state index in [4.69, 9.17) is 9.47 Å². The number of rotatable bonds is 4. The second kappa shape index (κ2) is 8.63. The van der Waals surface area contributed by atoms with Crippen LogP contribution in [-0.2, 0) is 28.7 Å². The van der Waals surface area contributed by atoms with Gasteiger partial charge in [0.25, 0.3) is 0 Å². The molecular formula is C22H23F3N2O3. The van der Waals surface area contributed by atoms with Crippen molar-refractivity contribution in [3.8, 4) is 5.88 Å². The minimum atomic E-state index is -4.41. The number of hydrogen-bond donors (Lipinski definition) is 1. The molecule has 2 aromatic rings. The molecule has 1 aromatic heterocycles. The molecule has 1 aliphatic heterocycles. The molecule has 5 nitrogen and oxygen atoms in total. The van der Waals surface area contributed by atoms with Gasteiger partial charge in [-0.05, 0) is 42.9 Å². The standard InChI is InChI=1S/C22H23F3N2O3/c23-22(24,25)16-5-10-20(26-12-16)30-18-8-6-17(7-9-18)27-21(28)19-11-14-3-1-2-4-15(14)13-29-19/h1-5,10,12,17-19H,6-9,11,13H2,(H,27,28). The van der Waals surface area contributed by atoms with Crippen LogP contribution in [0.15, 0.2) is 42.6 Å². The fourth-order valence-electron chi connectivity index (χ4n) is 3.92. The molecule has 1 amide bonds. The topological polar surface area (TPSA) is 60.5 Å². The van der Waals surface area contributed by atoms with E-state index in [2.05, 4.69) is 10.3 Å². The maximum absolute atomic E-state index is 12.6. The Hall–Kier alpha value is -2.61. The van der Waals surface area contributed by atoms with Crippen molar-refractivity contribution in [3.05, 3.63) is 59.3 Å². The van der Waals surface area contributed by atoms with E-state index in [1.807, 2.05) is 24.3 Å². The van der Waals surface area contributed by atoms with Gasteiger partial charge in [-0.15, -0.1) is 0 Å². The summed E-state index contributed by atoms with van der Waals surface area (Å²) in [5, 5.41) is 3.07. The van der Waals surface area contributed by atoms with Gasteiger partial charge in [0, 0.05) is 24.7 Å². The summed E-state index contributed by atoms with van der Waals surface area (Å²) in [5.41, 5.74) is 1.47. The van der Waals surface area contributed by atoms with E-state index < -0.39 is 17.8 Å². The summed E-state index contributed by atoms with van der Waals surface area (Å²) < 4.78 is 49.3. The Bertz CT molecular complexity index is 878. The highest BCUT2D eigenvalue weighted by molar-refractivity contribution is 5.81. The predicted molar refractivity (Wildman–Crippen MR) is 103 cm³/mol. The smallest absolute Gasteiger partial charge is 0.417 e. The molecule has 2 heterocycles. The number of amides is 1. The zero-order valence-corrected chi connectivity index (χ0v) is 16.3. The molecule has 0 spiro atoms. The van der Waals surface area contributed by atoms with Crippen molar-refractivity contribution in [2.24, 2.45) is 0 Å². The molecule has 1 aliphatic carbocycles. The quantitative estimate of drug-likeness (QED) is 0.811. The number of nitrogens with zero attached hydrogens (tertiary/aromatic N) is 1. The molecule has 4 rings (SSSR count). The van der Waals surface area contributed by atoms with Crippen LogP contribution in [0.2, 0.25) is 0 Å². The maximum atomic E-state index is 12.6. The molecule has 1 saturated carbocycles.